The first-order valence-electron chi connectivity index (χ1n) is 4.30. The zero-order chi connectivity index (χ0) is 12.1. The van der Waals surface area contributed by atoms with Gasteiger partial charge in [-0.05, 0) is 24.3 Å². The molecule has 0 fully saturated rings. The number of aliphatic carboxylic acids is 1. The van der Waals surface area contributed by atoms with Gasteiger partial charge in [0.25, 0.3) is 0 Å². The number of carbonyl (C=O) groups excluding carboxylic acids is 1. The van der Waals surface area contributed by atoms with Gasteiger partial charge >= 0.3 is 5.97 Å². The zero-order valence-electron chi connectivity index (χ0n) is 7.96. The van der Waals surface area contributed by atoms with E-state index in [2.05, 4.69) is 37.9 Å². The quantitative estimate of drug-likeness (QED) is 0.437. The van der Waals surface area contributed by atoms with Crippen LogP contribution >= 0.6 is 37.9 Å². The number of carboxylic acid groups (broad SMARTS) is 1. The summed E-state index contributed by atoms with van der Waals surface area (Å²) in [5, 5.41) is 18.2. The van der Waals surface area contributed by atoms with E-state index in [1.54, 1.807) is 0 Å². The molecule has 0 aliphatic rings. The van der Waals surface area contributed by atoms with Gasteiger partial charge in [0.05, 0.1) is 5.92 Å². The highest BCUT2D eigenvalue weighted by atomic mass is 32.1. The molecular formula is C8H14O4S3. The van der Waals surface area contributed by atoms with Gasteiger partial charge in [0.15, 0.2) is 10.7 Å². The van der Waals surface area contributed by atoms with Crippen molar-refractivity contribution in [3.8, 4) is 0 Å². The van der Waals surface area contributed by atoms with Gasteiger partial charge in [0.2, 0.25) is 0 Å². The summed E-state index contributed by atoms with van der Waals surface area (Å²) in [5.41, 5.74) is -2.09. The first-order chi connectivity index (χ1) is 6.90. The van der Waals surface area contributed by atoms with E-state index in [1.165, 1.54) is 0 Å². The Morgan fingerprint density at radius 1 is 1.27 bits per heavy atom. The van der Waals surface area contributed by atoms with Crippen molar-refractivity contribution in [2.45, 2.75) is 18.4 Å². The number of hydrogen-bond acceptors (Lipinski definition) is 5. The van der Waals surface area contributed by atoms with Crippen molar-refractivity contribution in [1.82, 2.24) is 0 Å². The molecule has 0 saturated heterocycles. The summed E-state index contributed by atoms with van der Waals surface area (Å²) in [6, 6.07) is 0. The number of carbonyl (C=O) groups is 2. The van der Waals surface area contributed by atoms with Crippen LogP contribution in [0.3, 0.4) is 0 Å². The molecule has 15 heavy (non-hydrogen) atoms. The van der Waals surface area contributed by atoms with Crippen molar-refractivity contribution in [3.05, 3.63) is 0 Å². The monoisotopic (exact) mass is 270 g/mol. The normalized spacial score (nSPS) is 16.8. The van der Waals surface area contributed by atoms with Gasteiger partial charge < -0.3 is 10.2 Å². The Kier molecular flexibility index (Phi) is 6.74. The van der Waals surface area contributed by atoms with Gasteiger partial charge in [-0.2, -0.15) is 25.3 Å². The highest BCUT2D eigenvalue weighted by Crippen LogP contribution is 2.28. The summed E-state index contributed by atoms with van der Waals surface area (Å²) in [4.78, 5) is 22.1. The van der Waals surface area contributed by atoms with Gasteiger partial charge in [-0.15, -0.1) is 12.6 Å². The molecule has 0 bridgehead atoms. The Hall–Kier alpha value is 0.150. The molecule has 2 atom stereocenters. The number of carboxylic acids is 1. The van der Waals surface area contributed by atoms with Gasteiger partial charge in [-0.1, -0.05) is 0 Å². The number of hydrogen-bond donors (Lipinski definition) is 5. The van der Waals surface area contributed by atoms with Crippen LogP contribution in [0.15, 0.2) is 0 Å². The van der Waals surface area contributed by atoms with Crippen molar-refractivity contribution < 1.29 is 19.8 Å². The Balaban J connectivity index is 4.98. The lowest BCUT2D eigenvalue weighted by Gasteiger charge is -2.29. The molecule has 0 spiro atoms. The average Bonchev–Trinajstić information content (AvgIpc) is 2.13. The van der Waals surface area contributed by atoms with E-state index >= 15 is 0 Å². The van der Waals surface area contributed by atoms with E-state index in [0.29, 0.717) is 5.75 Å². The maximum Gasteiger partial charge on any atom is 0.336 e. The lowest BCUT2D eigenvalue weighted by Crippen LogP contribution is -2.49. The van der Waals surface area contributed by atoms with Crippen LogP contribution in [-0.4, -0.2) is 38.4 Å². The van der Waals surface area contributed by atoms with Crippen molar-refractivity contribution in [2.75, 3.05) is 11.5 Å². The van der Waals surface area contributed by atoms with Crippen LogP contribution in [-0.2, 0) is 9.59 Å². The molecule has 4 nitrogen and oxygen atoms in total. The Morgan fingerprint density at radius 3 is 2.07 bits per heavy atom. The summed E-state index contributed by atoms with van der Waals surface area (Å²) < 4.78 is 0. The van der Waals surface area contributed by atoms with Crippen LogP contribution in [0.1, 0.15) is 12.8 Å². The minimum atomic E-state index is -2.09. The zero-order valence-corrected chi connectivity index (χ0v) is 10.6. The van der Waals surface area contributed by atoms with Crippen LogP contribution in [0.4, 0.5) is 0 Å². The largest absolute Gasteiger partial charge is 0.479 e. The van der Waals surface area contributed by atoms with Crippen LogP contribution in [0.2, 0.25) is 0 Å². The fourth-order valence-electron chi connectivity index (χ4n) is 1.30. The summed E-state index contributed by atoms with van der Waals surface area (Å²) in [6.07, 6.45) is 0.0677. The Morgan fingerprint density at radius 2 is 1.80 bits per heavy atom. The molecular weight excluding hydrogens is 256 g/mol. The fourth-order valence-corrected chi connectivity index (χ4v) is 2.24. The Bertz CT molecular complexity index is 246. The lowest BCUT2D eigenvalue weighted by molar-refractivity contribution is -0.167. The minimum Gasteiger partial charge on any atom is -0.479 e. The third-order valence-corrected chi connectivity index (χ3v) is 2.95. The van der Waals surface area contributed by atoms with E-state index < -0.39 is 22.6 Å². The minimum absolute atomic E-state index is 0.101. The van der Waals surface area contributed by atoms with Gasteiger partial charge in [0, 0.05) is 0 Å². The second-order valence-corrected chi connectivity index (χ2v) is 4.44. The maximum absolute atomic E-state index is 11.1. The van der Waals surface area contributed by atoms with E-state index in [0.717, 1.165) is 0 Å². The summed E-state index contributed by atoms with van der Waals surface area (Å²) >= 11 is 11.4. The number of thiol groups is 3. The summed E-state index contributed by atoms with van der Waals surface area (Å²) in [6.45, 7) is 0. The summed E-state index contributed by atoms with van der Waals surface area (Å²) in [7, 11) is 0. The third kappa shape index (κ3) is 3.90. The molecule has 0 heterocycles. The molecule has 0 aromatic rings. The topological polar surface area (TPSA) is 74.6 Å². The molecule has 0 rings (SSSR count). The lowest BCUT2D eigenvalue weighted by atomic mass is 9.84. The molecule has 88 valence electrons. The first kappa shape index (κ1) is 15.2. The van der Waals surface area contributed by atoms with E-state index in [9.17, 15) is 14.7 Å². The van der Waals surface area contributed by atoms with Crippen molar-refractivity contribution >= 4 is 49.0 Å². The molecule has 7 heteroatoms. The maximum atomic E-state index is 11.1. The van der Waals surface area contributed by atoms with Crippen molar-refractivity contribution in [1.29, 1.82) is 0 Å². The van der Waals surface area contributed by atoms with E-state index in [4.69, 9.17) is 5.11 Å². The van der Waals surface area contributed by atoms with Crippen LogP contribution < -0.4 is 0 Å². The number of rotatable bonds is 7. The first-order valence-corrected chi connectivity index (χ1v) is 6.01. The second kappa shape index (κ2) is 6.67. The highest BCUT2D eigenvalue weighted by molar-refractivity contribution is 7.96. The predicted octanol–water partition coefficient (Wildman–Crippen LogP) is 0.514. The van der Waals surface area contributed by atoms with E-state index in [1.807, 2.05) is 0 Å². The average molecular weight is 270 g/mol. The summed E-state index contributed by atoms with van der Waals surface area (Å²) in [5.74, 6) is -2.00. The number of aliphatic hydroxyl groups is 1. The van der Waals surface area contributed by atoms with Gasteiger partial charge in [0.1, 0.15) is 0 Å². The predicted molar refractivity (Wildman–Crippen MR) is 67.0 cm³/mol. The molecule has 2 N–H and O–H groups in total. The smallest absolute Gasteiger partial charge is 0.336 e. The molecule has 0 aliphatic heterocycles. The molecule has 0 aromatic heterocycles. The fraction of sp³-hybridized carbons (Fsp3) is 0.750. The van der Waals surface area contributed by atoms with Crippen LogP contribution in [0, 0.1) is 5.92 Å². The van der Waals surface area contributed by atoms with Crippen molar-refractivity contribution in [2.24, 2.45) is 5.92 Å². The Labute approximate surface area is 105 Å². The van der Waals surface area contributed by atoms with Crippen molar-refractivity contribution in [3.63, 3.8) is 0 Å². The molecule has 0 aliphatic carbocycles. The van der Waals surface area contributed by atoms with E-state index in [-0.39, 0.29) is 18.6 Å². The molecule has 2 unspecified atom stereocenters. The molecule has 0 radical (unpaired) electrons. The standard InChI is InChI=1S/C8H14O4S3/c9-6(15)5(1-3-13)8(12,2-4-14)7(10)11/h5,12-14H,1-4H2,(H,9,15)(H,10,11). The highest BCUT2D eigenvalue weighted by Gasteiger charge is 2.45. The second-order valence-electron chi connectivity index (χ2n) is 3.11. The van der Waals surface area contributed by atoms with Gasteiger partial charge in [-0.3, -0.25) is 4.79 Å². The molecule has 0 saturated carbocycles. The third-order valence-electron chi connectivity index (χ3n) is 2.16. The van der Waals surface area contributed by atoms with Gasteiger partial charge in [-0.25, -0.2) is 4.79 Å². The molecule has 0 amide bonds. The molecule has 0 aromatic carbocycles. The van der Waals surface area contributed by atoms with Crippen LogP contribution in [0.25, 0.3) is 0 Å². The SMILES string of the molecule is O=C(S)C(CCS)C(O)(CCS)C(=O)O. The van der Waals surface area contributed by atoms with Crippen LogP contribution in [0.5, 0.6) is 0 Å².